The molecule has 9 heteroatoms. The first-order valence-corrected chi connectivity index (χ1v) is 13.8. The summed E-state index contributed by atoms with van der Waals surface area (Å²) in [5.74, 6) is -0.793. The van der Waals surface area contributed by atoms with E-state index in [0.717, 1.165) is 21.0 Å². The quantitative estimate of drug-likeness (QED) is 0.397. The van der Waals surface area contributed by atoms with Crippen LogP contribution in [-0.2, 0) is 32.6 Å². The molecular formula is C28H32ClN3O4S. The van der Waals surface area contributed by atoms with Crippen molar-refractivity contribution in [3.8, 4) is 0 Å². The summed E-state index contributed by atoms with van der Waals surface area (Å²) in [5, 5.41) is 3.38. The predicted octanol–water partition coefficient (Wildman–Crippen LogP) is 4.05. The van der Waals surface area contributed by atoms with Crippen LogP contribution in [0, 0.1) is 6.92 Å². The normalized spacial score (nSPS) is 12.2. The molecule has 2 amide bonds. The zero-order valence-electron chi connectivity index (χ0n) is 21.2. The second-order valence-electron chi connectivity index (χ2n) is 8.82. The van der Waals surface area contributed by atoms with Crippen LogP contribution >= 0.6 is 11.6 Å². The molecule has 0 aromatic heterocycles. The summed E-state index contributed by atoms with van der Waals surface area (Å²) < 4.78 is 27.3. The molecule has 196 valence electrons. The van der Waals surface area contributed by atoms with Crippen molar-refractivity contribution < 1.29 is 18.0 Å². The van der Waals surface area contributed by atoms with Gasteiger partial charge in [-0.25, -0.2) is 8.42 Å². The number of likely N-dealkylation sites (N-methyl/N-ethyl adjacent to an activating group) is 2. The number of nitrogens with one attached hydrogen (secondary N) is 1. The molecule has 3 rings (SSSR count). The summed E-state index contributed by atoms with van der Waals surface area (Å²) in [6.07, 6.45) is 0.278. The molecule has 3 aromatic rings. The minimum atomic E-state index is -3.91. The van der Waals surface area contributed by atoms with Gasteiger partial charge in [-0.2, -0.15) is 4.31 Å². The van der Waals surface area contributed by atoms with Crippen molar-refractivity contribution in [1.82, 2.24) is 14.5 Å². The molecule has 3 aromatic carbocycles. The van der Waals surface area contributed by atoms with E-state index in [1.54, 1.807) is 36.4 Å². The molecular weight excluding hydrogens is 510 g/mol. The predicted molar refractivity (Wildman–Crippen MR) is 146 cm³/mol. The van der Waals surface area contributed by atoms with Crippen LogP contribution in [0.4, 0.5) is 0 Å². The minimum Gasteiger partial charge on any atom is -0.355 e. The summed E-state index contributed by atoms with van der Waals surface area (Å²) in [4.78, 5) is 28.5. The highest BCUT2D eigenvalue weighted by atomic mass is 35.5. The van der Waals surface area contributed by atoms with Gasteiger partial charge in [0.15, 0.2) is 0 Å². The van der Waals surface area contributed by atoms with E-state index in [1.807, 2.05) is 44.2 Å². The smallest absolute Gasteiger partial charge is 0.243 e. The van der Waals surface area contributed by atoms with Crippen LogP contribution in [0.15, 0.2) is 83.8 Å². The molecule has 0 bridgehead atoms. The zero-order valence-corrected chi connectivity index (χ0v) is 22.8. The van der Waals surface area contributed by atoms with Gasteiger partial charge in [-0.15, -0.1) is 0 Å². The largest absolute Gasteiger partial charge is 0.355 e. The third-order valence-electron chi connectivity index (χ3n) is 5.98. The molecule has 0 unspecified atom stereocenters. The fourth-order valence-corrected chi connectivity index (χ4v) is 5.14. The number of hydrogen-bond acceptors (Lipinski definition) is 4. The molecule has 0 radical (unpaired) electrons. The zero-order chi connectivity index (χ0) is 27.0. The van der Waals surface area contributed by atoms with E-state index < -0.39 is 28.5 Å². The standard InChI is InChI=1S/C28H32ClN3O4S/c1-4-30-28(34)26(18-22-8-6-5-7-9-22)32(19-23-12-14-24(29)15-13-23)27(33)20-31(3)37(35,36)25-16-10-21(2)11-17-25/h5-17,26H,4,18-20H2,1-3H3,(H,30,34)/t26-/m1/s1. The number of halogens is 1. The van der Waals surface area contributed by atoms with Gasteiger partial charge in [-0.05, 0) is 49.2 Å². The number of carbonyl (C=O) groups excluding carboxylic acids is 2. The van der Waals surface area contributed by atoms with Gasteiger partial charge in [0.05, 0.1) is 11.4 Å². The van der Waals surface area contributed by atoms with Crippen LogP contribution in [0.5, 0.6) is 0 Å². The van der Waals surface area contributed by atoms with Gasteiger partial charge in [-0.3, -0.25) is 9.59 Å². The van der Waals surface area contributed by atoms with Crippen LogP contribution in [0.2, 0.25) is 5.02 Å². The first-order valence-electron chi connectivity index (χ1n) is 12.0. The van der Waals surface area contributed by atoms with Gasteiger partial charge in [0.1, 0.15) is 6.04 Å². The van der Waals surface area contributed by atoms with Crippen molar-refractivity contribution in [2.45, 2.75) is 37.8 Å². The Balaban J connectivity index is 1.94. The average molecular weight is 542 g/mol. The second-order valence-corrected chi connectivity index (χ2v) is 11.3. The van der Waals surface area contributed by atoms with E-state index in [-0.39, 0.29) is 23.8 Å². The fraction of sp³-hybridized carbons (Fsp3) is 0.286. The number of rotatable bonds is 11. The van der Waals surface area contributed by atoms with Crippen LogP contribution in [0.3, 0.4) is 0 Å². The monoisotopic (exact) mass is 541 g/mol. The Morgan fingerprint density at radius 3 is 2.14 bits per heavy atom. The topological polar surface area (TPSA) is 86.8 Å². The molecule has 0 heterocycles. The lowest BCUT2D eigenvalue weighted by molar-refractivity contribution is -0.141. The minimum absolute atomic E-state index is 0.0993. The highest BCUT2D eigenvalue weighted by molar-refractivity contribution is 7.89. The molecule has 0 fully saturated rings. The lowest BCUT2D eigenvalue weighted by atomic mass is 10.0. The second kappa shape index (κ2) is 12.9. The molecule has 0 saturated carbocycles. The number of nitrogens with zero attached hydrogens (tertiary/aromatic N) is 2. The lowest BCUT2D eigenvalue weighted by Crippen LogP contribution is -2.53. The number of hydrogen-bond donors (Lipinski definition) is 1. The number of aryl methyl sites for hydroxylation is 1. The van der Waals surface area contributed by atoms with Crippen molar-refractivity contribution in [2.24, 2.45) is 0 Å². The maximum Gasteiger partial charge on any atom is 0.243 e. The van der Waals surface area contributed by atoms with Gasteiger partial charge >= 0.3 is 0 Å². The average Bonchev–Trinajstić information content (AvgIpc) is 2.88. The lowest BCUT2D eigenvalue weighted by Gasteiger charge is -2.32. The van der Waals surface area contributed by atoms with Crippen molar-refractivity contribution >= 4 is 33.4 Å². The van der Waals surface area contributed by atoms with Gasteiger partial charge in [0.2, 0.25) is 21.8 Å². The van der Waals surface area contributed by atoms with Crippen molar-refractivity contribution in [3.63, 3.8) is 0 Å². The molecule has 0 aliphatic carbocycles. The molecule has 0 aliphatic heterocycles. The number of sulfonamides is 1. The molecule has 0 spiro atoms. The Morgan fingerprint density at radius 1 is 0.919 bits per heavy atom. The van der Waals surface area contributed by atoms with E-state index in [0.29, 0.717) is 11.6 Å². The van der Waals surface area contributed by atoms with Crippen LogP contribution < -0.4 is 5.32 Å². The van der Waals surface area contributed by atoms with Crippen LogP contribution in [-0.4, -0.2) is 55.6 Å². The Labute approximate surface area is 224 Å². The van der Waals surface area contributed by atoms with Gasteiger partial charge in [0, 0.05) is 31.6 Å². The van der Waals surface area contributed by atoms with E-state index in [4.69, 9.17) is 11.6 Å². The Morgan fingerprint density at radius 2 is 1.54 bits per heavy atom. The van der Waals surface area contributed by atoms with Crippen LogP contribution in [0.25, 0.3) is 0 Å². The highest BCUT2D eigenvalue weighted by Gasteiger charge is 2.32. The van der Waals surface area contributed by atoms with Crippen molar-refractivity contribution in [1.29, 1.82) is 0 Å². The fourth-order valence-electron chi connectivity index (χ4n) is 3.89. The first kappa shape index (κ1) is 28.4. The van der Waals surface area contributed by atoms with E-state index in [1.165, 1.54) is 24.1 Å². The Hall–Kier alpha value is -3.20. The van der Waals surface area contributed by atoms with Crippen molar-refractivity contribution in [2.75, 3.05) is 20.1 Å². The van der Waals surface area contributed by atoms with E-state index in [2.05, 4.69) is 5.32 Å². The Bertz CT molecular complexity index is 1300. The number of benzene rings is 3. The maximum absolute atomic E-state index is 13.7. The van der Waals surface area contributed by atoms with Crippen LogP contribution in [0.1, 0.15) is 23.6 Å². The van der Waals surface area contributed by atoms with E-state index >= 15 is 0 Å². The summed E-state index contributed by atoms with van der Waals surface area (Å²) in [5.41, 5.74) is 2.58. The summed E-state index contributed by atoms with van der Waals surface area (Å²) in [6.45, 7) is 3.77. The maximum atomic E-state index is 13.7. The summed E-state index contributed by atoms with van der Waals surface area (Å²) in [7, 11) is -2.54. The third kappa shape index (κ3) is 7.64. The van der Waals surface area contributed by atoms with Gasteiger partial charge in [-0.1, -0.05) is 71.8 Å². The highest BCUT2D eigenvalue weighted by Crippen LogP contribution is 2.19. The molecule has 1 atom stereocenters. The number of carbonyl (C=O) groups is 2. The molecule has 0 saturated heterocycles. The van der Waals surface area contributed by atoms with E-state index in [9.17, 15) is 18.0 Å². The SMILES string of the molecule is CCNC(=O)[C@@H](Cc1ccccc1)N(Cc1ccc(Cl)cc1)C(=O)CN(C)S(=O)(=O)c1ccc(C)cc1. The molecule has 37 heavy (non-hydrogen) atoms. The molecule has 1 N–H and O–H groups in total. The van der Waals surface area contributed by atoms with Crippen molar-refractivity contribution in [3.05, 3.63) is 101 Å². The summed E-state index contributed by atoms with van der Waals surface area (Å²) >= 11 is 6.04. The third-order valence-corrected chi connectivity index (χ3v) is 8.04. The Kier molecular flexibility index (Phi) is 9.86. The molecule has 7 nitrogen and oxygen atoms in total. The summed E-state index contributed by atoms with van der Waals surface area (Å²) in [6, 6.07) is 22.0. The molecule has 0 aliphatic rings. The first-order chi connectivity index (χ1) is 17.6. The van der Waals surface area contributed by atoms with Gasteiger partial charge < -0.3 is 10.2 Å². The van der Waals surface area contributed by atoms with Gasteiger partial charge in [0.25, 0.3) is 0 Å². The number of amides is 2.